The van der Waals surface area contributed by atoms with Crippen molar-refractivity contribution in [3.05, 3.63) is 35.4 Å². The summed E-state index contributed by atoms with van der Waals surface area (Å²) in [5, 5.41) is 5.60. The predicted octanol–water partition coefficient (Wildman–Crippen LogP) is 2.63. The molecule has 0 aliphatic carbocycles. The van der Waals surface area contributed by atoms with Crippen molar-refractivity contribution in [2.45, 2.75) is 33.2 Å². The van der Waals surface area contributed by atoms with Crippen molar-refractivity contribution in [1.82, 2.24) is 10.6 Å². The second-order valence-electron chi connectivity index (χ2n) is 3.82. The lowest BCUT2D eigenvalue weighted by molar-refractivity contribution is 0.238. The molecule has 3 nitrogen and oxygen atoms in total. The van der Waals surface area contributed by atoms with Crippen LogP contribution in [-0.2, 0) is 6.42 Å². The Hall–Kier alpha value is -1.51. The summed E-state index contributed by atoms with van der Waals surface area (Å²) in [6.07, 6.45) is 1.04. The Morgan fingerprint density at radius 1 is 1.25 bits per heavy atom. The summed E-state index contributed by atoms with van der Waals surface area (Å²) < 4.78 is 0. The van der Waals surface area contributed by atoms with Crippen LogP contribution < -0.4 is 10.6 Å². The Balaban J connectivity index is 2.58. The third kappa shape index (κ3) is 3.57. The summed E-state index contributed by atoms with van der Waals surface area (Å²) >= 11 is 0. The van der Waals surface area contributed by atoms with Gasteiger partial charge < -0.3 is 10.6 Å². The molecule has 0 heterocycles. The molecule has 1 atom stereocenters. The van der Waals surface area contributed by atoms with Gasteiger partial charge in [-0.2, -0.15) is 0 Å². The van der Waals surface area contributed by atoms with Gasteiger partial charge in [0, 0.05) is 6.54 Å². The van der Waals surface area contributed by atoms with E-state index in [2.05, 4.69) is 41.8 Å². The standard InChI is InChI=1S/C13H20N2O/c1-4-11-6-8-12(9-7-11)10(3)15-13(16)14-5-2/h6-10H,4-5H2,1-3H3,(H2,14,15,16). The van der Waals surface area contributed by atoms with Crippen LogP contribution in [0.1, 0.15) is 37.9 Å². The van der Waals surface area contributed by atoms with Crippen molar-refractivity contribution in [3.8, 4) is 0 Å². The van der Waals surface area contributed by atoms with Gasteiger partial charge in [-0.3, -0.25) is 0 Å². The third-order valence-corrected chi connectivity index (χ3v) is 2.57. The van der Waals surface area contributed by atoms with E-state index in [0.717, 1.165) is 12.0 Å². The van der Waals surface area contributed by atoms with Crippen LogP contribution >= 0.6 is 0 Å². The minimum Gasteiger partial charge on any atom is -0.338 e. The van der Waals surface area contributed by atoms with E-state index in [0.29, 0.717) is 6.54 Å². The van der Waals surface area contributed by atoms with Gasteiger partial charge in [-0.1, -0.05) is 31.2 Å². The van der Waals surface area contributed by atoms with Gasteiger partial charge in [0.2, 0.25) is 0 Å². The van der Waals surface area contributed by atoms with Gasteiger partial charge in [-0.15, -0.1) is 0 Å². The maximum absolute atomic E-state index is 11.3. The molecular weight excluding hydrogens is 200 g/mol. The van der Waals surface area contributed by atoms with E-state index in [1.165, 1.54) is 5.56 Å². The molecule has 1 rings (SSSR count). The monoisotopic (exact) mass is 220 g/mol. The smallest absolute Gasteiger partial charge is 0.315 e. The number of urea groups is 1. The van der Waals surface area contributed by atoms with Gasteiger partial charge in [-0.05, 0) is 31.4 Å². The molecule has 1 unspecified atom stereocenters. The van der Waals surface area contributed by atoms with Crippen molar-refractivity contribution in [1.29, 1.82) is 0 Å². The summed E-state index contributed by atoms with van der Waals surface area (Å²) in [6.45, 7) is 6.66. The molecule has 0 radical (unpaired) electrons. The number of benzene rings is 1. The fourth-order valence-electron chi connectivity index (χ4n) is 1.53. The molecule has 3 heteroatoms. The number of hydrogen-bond acceptors (Lipinski definition) is 1. The molecule has 0 aliphatic heterocycles. The molecule has 0 fully saturated rings. The average Bonchev–Trinajstić information content (AvgIpc) is 2.29. The van der Waals surface area contributed by atoms with E-state index in [-0.39, 0.29) is 12.1 Å². The Kier molecular flexibility index (Phi) is 4.83. The van der Waals surface area contributed by atoms with E-state index in [1.54, 1.807) is 0 Å². The molecule has 0 saturated heterocycles. The zero-order valence-electron chi connectivity index (χ0n) is 10.2. The van der Waals surface area contributed by atoms with Crippen LogP contribution in [0.5, 0.6) is 0 Å². The Morgan fingerprint density at radius 3 is 2.38 bits per heavy atom. The van der Waals surface area contributed by atoms with Gasteiger partial charge in [0.05, 0.1) is 6.04 Å². The second kappa shape index (κ2) is 6.16. The van der Waals surface area contributed by atoms with Gasteiger partial charge >= 0.3 is 6.03 Å². The lowest BCUT2D eigenvalue weighted by Crippen LogP contribution is -2.36. The number of amides is 2. The van der Waals surface area contributed by atoms with E-state index < -0.39 is 0 Å². The Labute approximate surface area is 97.2 Å². The van der Waals surface area contributed by atoms with Crippen LogP contribution in [0.4, 0.5) is 4.79 Å². The van der Waals surface area contributed by atoms with Crippen LogP contribution in [0.3, 0.4) is 0 Å². The largest absolute Gasteiger partial charge is 0.338 e. The number of hydrogen-bond donors (Lipinski definition) is 2. The van der Waals surface area contributed by atoms with Gasteiger partial charge in [0.1, 0.15) is 0 Å². The first-order valence-electron chi connectivity index (χ1n) is 5.80. The van der Waals surface area contributed by atoms with Crippen LogP contribution in [-0.4, -0.2) is 12.6 Å². The van der Waals surface area contributed by atoms with Crippen molar-refractivity contribution >= 4 is 6.03 Å². The van der Waals surface area contributed by atoms with Crippen molar-refractivity contribution in [3.63, 3.8) is 0 Å². The molecular formula is C13H20N2O. The minimum atomic E-state index is -0.116. The SMILES string of the molecule is CCNC(=O)NC(C)c1ccc(CC)cc1. The van der Waals surface area contributed by atoms with Crippen LogP contribution in [0, 0.1) is 0 Å². The summed E-state index contributed by atoms with van der Waals surface area (Å²) in [7, 11) is 0. The van der Waals surface area contributed by atoms with Gasteiger partial charge in [-0.25, -0.2) is 4.79 Å². The first-order chi connectivity index (χ1) is 7.67. The number of nitrogens with one attached hydrogen (secondary N) is 2. The third-order valence-electron chi connectivity index (χ3n) is 2.57. The lowest BCUT2D eigenvalue weighted by Gasteiger charge is -2.14. The molecule has 0 bridgehead atoms. The van der Waals surface area contributed by atoms with E-state index in [9.17, 15) is 4.79 Å². The van der Waals surface area contributed by atoms with Crippen molar-refractivity contribution in [2.75, 3.05) is 6.54 Å². The van der Waals surface area contributed by atoms with Gasteiger partial charge in [0.15, 0.2) is 0 Å². The molecule has 0 spiro atoms. The van der Waals surface area contributed by atoms with E-state index >= 15 is 0 Å². The molecule has 0 aliphatic rings. The molecule has 0 saturated carbocycles. The molecule has 2 N–H and O–H groups in total. The molecule has 0 aromatic heterocycles. The zero-order valence-corrected chi connectivity index (χ0v) is 10.2. The highest BCUT2D eigenvalue weighted by Gasteiger charge is 2.07. The number of carbonyl (C=O) groups excluding carboxylic acids is 1. The molecule has 1 aromatic carbocycles. The van der Waals surface area contributed by atoms with E-state index in [4.69, 9.17) is 0 Å². The van der Waals surface area contributed by atoms with E-state index in [1.807, 2.05) is 13.8 Å². The van der Waals surface area contributed by atoms with Crippen LogP contribution in [0.25, 0.3) is 0 Å². The molecule has 88 valence electrons. The lowest BCUT2D eigenvalue weighted by atomic mass is 10.1. The fraction of sp³-hybridized carbons (Fsp3) is 0.462. The summed E-state index contributed by atoms with van der Waals surface area (Å²) in [5.41, 5.74) is 2.44. The van der Waals surface area contributed by atoms with Crippen molar-refractivity contribution < 1.29 is 4.79 Å². The summed E-state index contributed by atoms with van der Waals surface area (Å²) in [5.74, 6) is 0. The Bertz CT molecular complexity index is 332. The number of aryl methyl sites for hydroxylation is 1. The topological polar surface area (TPSA) is 41.1 Å². The van der Waals surface area contributed by atoms with Crippen LogP contribution in [0.2, 0.25) is 0 Å². The molecule has 2 amide bonds. The zero-order chi connectivity index (χ0) is 12.0. The fourth-order valence-corrected chi connectivity index (χ4v) is 1.53. The van der Waals surface area contributed by atoms with Crippen LogP contribution in [0.15, 0.2) is 24.3 Å². The molecule has 1 aromatic rings. The minimum absolute atomic E-state index is 0.0393. The number of rotatable bonds is 4. The highest BCUT2D eigenvalue weighted by atomic mass is 16.2. The highest BCUT2D eigenvalue weighted by molar-refractivity contribution is 5.74. The van der Waals surface area contributed by atoms with Gasteiger partial charge in [0.25, 0.3) is 0 Å². The average molecular weight is 220 g/mol. The first kappa shape index (κ1) is 12.6. The van der Waals surface area contributed by atoms with Crippen molar-refractivity contribution in [2.24, 2.45) is 0 Å². The quantitative estimate of drug-likeness (QED) is 0.804. The number of carbonyl (C=O) groups is 1. The Morgan fingerprint density at radius 2 is 1.88 bits per heavy atom. The predicted molar refractivity (Wildman–Crippen MR) is 66.4 cm³/mol. The maximum atomic E-state index is 11.3. The maximum Gasteiger partial charge on any atom is 0.315 e. The summed E-state index contributed by atoms with van der Waals surface area (Å²) in [6, 6.07) is 8.26. The second-order valence-corrected chi connectivity index (χ2v) is 3.82. The summed E-state index contributed by atoms with van der Waals surface area (Å²) in [4.78, 5) is 11.3. The highest BCUT2D eigenvalue weighted by Crippen LogP contribution is 2.13. The molecule has 16 heavy (non-hydrogen) atoms. The first-order valence-corrected chi connectivity index (χ1v) is 5.80. The normalized spacial score (nSPS) is 11.9.